The number of nitrogens with zero attached hydrogens (tertiary/aromatic N) is 2. The highest BCUT2D eigenvalue weighted by molar-refractivity contribution is 7.98. The van der Waals surface area contributed by atoms with Crippen molar-refractivity contribution in [1.29, 1.82) is 0 Å². The van der Waals surface area contributed by atoms with Crippen molar-refractivity contribution < 1.29 is 14.0 Å². The Balaban J connectivity index is 1.51. The molecular formula is C17H19N3O3S. The molecule has 24 heavy (non-hydrogen) atoms. The van der Waals surface area contributed by atoms with Crippen molar-refractivity contribution in [3.63, 3.8) is 0 Å². The Morgan fingerprint density at radius 3 is 2.79 bits per heavy atom. The summed E-state index contributed by atoms with van der Waals surface area (Å²) in [6.07, 6.45) is 3.38. The zero-order valence-electron chi connectivity index (χ0n) is 13.4. The number of carbonyl (C=O) groups excluding carboxylic acids is 2. The molecule has 1 aliphatic carbocycles. The molecule has 1 saturated carbocycles. The second kappa shape index (κ2) is 7.53. The molecule has 0 aliphatic heterocycles. The average molecular weight is 345 g/mol. The Morgan fingerprint density at radius 1 is 1.33 bits per heavy atom. The lowest BCUT2D eigenvalue weighted by molar-refractivity contribution is -0.121. The summed E-state index contributed by atoms with van der Waals surface area (Å²) in [6, 6.07) is 10.2. The van der Waals surface area contributed by atoms with E-state index in [0.29, 0.717) is 11.0 Å². The van der Waals surface area contributed by atoms with E-state index in [-0.39, 0.29) is 30.1 Å². The molecule has 0 bridgehead atoms. The second-order valence-corrected chi connectivity index (χ2v) is 6.70. The summed E-state index contributed by atoms with van der Waals surface area (Å²) in [4.78, 5) is 29.6. The molecule has 0 spiro atoms. The van der Waals surface area contributed by atoms with Crippen molar-refractivity contribution >= 4 is 23.6 Å². The monoisotopic (exact) mass is 345 g/mol. The maximum atomic E-state index is 12.3. The fraction of sp³-hybridized carbons (Fsp3) is 0.353. The summed E-state index contributed by atoms with van der Waals surface area (Å²) in [5, 5.41) is 3.30. The summed E-state index contributed by atoms with van der Waals surface area (Å²) < 4.78 is 5.34. The Hall–Kier alpha value is -2.28. The van der Waals surface area contributed by atoms with Crippen LogP contribution in [0.1, 0.15) is 28.9 Å². The van der Waals surface area contributed by atoms with Crippen LogP contribution in [0.2, 0.25) is 0 Å². The van der Waals surface area contributed by atoms with Gasteiger partial charge in [-0.25, -0.2) is 0 Å². The third kappa shape index (κ3) is 4.61. The summed E-state index contributed by atoms with van der Waals surface area (Å²) in [7, 11) is 1.58. The molecule has 1 aromatic carbocycles. The third-order valence-corrected chi connectivity index (χ3v) is 4.49. The van der Waals surface area contributed by atoms with E-state index in [0.717, 1.165) is 18.4 Å². The molecule has 2 aromatic rings. The number of oxazole rings is 1. The lowest BCUT2D eigenvalue weighted by Crippen LogP contribution is -2.39. The van der Waals surface area contributed by atoms with E-state index >= 15 is 0 Å². The number of thioether (sulfide) groups is 1. The summed E-state index contributed by atoms with van der Waals surface area (Å²) in [6.45, 7) is 0.0225. The van der Waals surface area contributed by atoms with Crippen molar-refractivity contribution in [3.05, 3.63) is 47.9 Å². The Labute approximate surface area is 144 Å². The number of hydrogen-bond acceptors (Lipinski definition) is 5. The molecule has 1 heterocycles. The van der Waals surface area contributed by atoms with Gasteiger partial charge >= 0.3 is 0 Å². The Kier molecular flexibility index (Phi) is 5.20. The van der Waals surface area contributed by atoms with Crippen molar-refractivity contribution in [2.24, 2.45) is 0 Å². The summed E-state index contributed by atoms with van der Waals surface area (Å²) in [5.74, 6) is 0.251. The molecule has 1 N–H and O–H groups in total. The van der Waals surface area contributed by atoms with Crippen LogP contribution in [0, 0.1) is 0 Å². The van der Waals surface area contributed by atoms with E-state index < -0.39 is 0 Å². The van der Waals surface area contributed by atoms with E-state index in [4.69, 9.17) is 4.42 Å². The molecule has 7 heteroatoms. The number of aromatic nitrogens is 1. The Morgan fingerprint density at radius 2 is 2.08 bits per heavy atom. The van der Waals surface area contributed by atoms with Crippen LogP contribution in [-0.2, 0) is 10.5 Å². The number of amides is 2. The van der Waals surface area contributed by atoms with Crippen LogP contribution in [0.4, 0.5) is 0 Å². The molecule has 0 unspecified atom stereocenters. The molecule has 6 nitrogen and oxygen atoms in total. The van der Waals surface area contributed by atoms with Crippen LogP contribution < -0.4 is 5.32 Å². The fourth-order valence-electron chi connectivity index (χ4n) is 2.12. The normalized spacial score (nSPS) is 13.5. The molecule has 3 rings (SSSR count). The van der Waals surface area contributed by atoms with Gasteiger partial charge in [-0.1, -0.05) is 42.1 Å². The van der Waals surface area contributed by atoms with Crippen LogP contribution in [0.25, 0.3) is 0 Å². The summed E-state index contributed by atoms with van der Waals surface area (Å²) in [5.41, 5.74) is 1.37. The van der Waals surface area contributed by atoms with Gasteiger partial charge in [0.05, 0.1) is 6.54 Å². The number of likely N-dealkylation sites (N-methyl/N-ethyl adjacent to an activating group) is 1. The van der Waals surface area contributed by atoms with E-state index in [1.54, 1.807) is 7.05 Å². The smallest absolute Gasteiger partial charge is 0.276 e. The van der Waals surface area contributed by atoms with E-state index in [1.807, 2.05) is 30.3 Å². The van der Waals surface area contributed by atoms with Gasteiger partial charge in [-0.05, 0) is 18.4 Å². The standard InChI is InChI=1S/C17H19N3O3S/c1-20(9-15(21)18-13-7-8-13)16(22)14-10-23-17(19-14)24-11-12-5-3-2-4-6-12/h2-6,10,13H,7-9,11H2,1H3,(H,18,21). The van der Waals surface area contributed by atoms with Crippen molar-refractivity contribution in [2.45, 2.75) is 29.9 Å². The van der Waals surface area contributed by atoms with Gasteiger partial charge in [-0.15, -0.1) is 0 Å². The highest BCUT2D eigenvalue weighted by Gasteiger charge is 2.25. The van der Waals surface area contributed by atoms with Crippen molar-refractivity contribution in [3.8, 4) is 0 Å². The first-order valence-electron chi connectivity index (χ1n) is 7.79. The van der Waals surface area contributed by atoms with E-state index in [2.05, 4.69) is 10.3 Å². The first-order valence-corrected chi connectivity index (χ1v) is 8.77. The molecule has 126 valence electrons. The van der Waals surface area contributed by atoms with Crippen LogP contribution in [-0.4, -0.2) is 41.3 Å². The maximum Gasteiger partial charge on any atom is 0.276 e. The summed E-state index contributed by atoms with van der Waals surface area (Å²) >= 11 is 1.43. The van der Waals surface area contributed by atoms with E-state index in [1.165, 1.54) is 22.9 Å². The van der Waals surface area contributed by atoms with Gasteiger partial charge in [0, 0.05) is 18.8 Å². The highest BCUT2D eigenvalue weighted by atomic mass is 32.2. The number of benzene rings is 1. The van der Waals surface area contributed by atoms with Gasteiger partial charge in [0.25, 0.3) is 11.1 Å². The lowest BCUT2D eigenvalue weighted by atomic mass is 10.2. The van der Waals surface area contributed by atoms with Crippen LogP contribution >= 0.6 is 11.8 Å². The molecule has 2 amide bonds. The van der Waals surface area contributed by atoms with Gasteiger partial charge in [-0.2, -0.15) is 4.98 Å². The number of nitrogens with one attached hydrogen (secondary N) is 1. The molecule has 1 fully saturated rings. The first-order chi connectivity index (χ1) is 11.6. The molecule has 0 atom stereocenters. The third-order valence-electron chi connectivity index (χ3n) is 3.58. The number of rotatable bonds is 7. The van der Waals surface area contributed by atoms with Gasteiger partial charge in [0.1, 0.15) is 6.26 Å². The van der Waals surface area contributed by atoms with Crippen LogP contribution in [0.3, 0.4) is 0 Å². The Bertz CT molecular complexity index is 713. The minimum Gasteiger partial charge on any atom is -0.439 e. The second-order valence-electron chi connectivity index (χ2n) is 5.78. The van der Waals surface area contributed by atoms with Crippen molar-refractivity contribution in [2.75, 3.05) is 13.6 Å². The molecule has 1 aliphatic rings. The van der Waals surface area contributed by atoms with Gasteiger partial charge in [0.15, 0.2) is 5.69 Å². The molecule has 1 aromatic heterocycles. The number of hydrogen-bond donors (Lipinski definition) is 1. The first kappa shape index (κ1) is 16.6. The van der Waals surface area contributed by atoms with Gasteiger partial charge in [0.2, 0.25) is 5.91 Å². The molecular weight excluding hydrogens is 326 g/mol. The lowest BCUT2D eigenvalue weighted by Gasteiger charge is -2.14. The minimum atomic E-state index is -0.323. The average Bonchev–Trinajstić information content (AvgIpc) is 3.26. The predicted octanol–water partition coefficient (Wildman–Crippen LogP) is 2.32. The zero-order chi connectivity index (χ0) is 16.9. The SMILES string of the molecule is CN(CC(=O)NC1CC1)C(=O)c1coc(SCc2ccccc2)n1. The van der Waals surface area contributed by atoms with Gasteiger partial charge < -0.3 is 14.6 Å². The predicted molar refractivity (Wildman–Crippen MR) is 90.6 cm³/mol. The zero-order valence-corrected chi connectivity index (χ0v) is 14.2. The molecule has 0 saturated heterocycles. The van der Waals surface area contributed by atoms with E-state index in [9.17, 15) is 9.59 Å². The number of carbonyl (C=O) groups is 2. The van der Waals surface area contributed by atoms with Crippen LogP contribution in [0.5, 0.6) is 0 Å². The van der Waals surface area contributed by atoms with Crippen LogP contribution in [0.15, 0.2) is 46.2 Å². The minimum absolute atomic E-state index is 0.0225. The maximum absolute atomic E-state index is 12.3. The fourth-order valence-corrected chi connectivity index (χ4v) is 2.89. The highest BCUT2D eigenvalue weighted by Crippen LogP contribution is 2.22. The van der Waals surface area contributed by atoms with Crippen molar-refractivity contribution in [1.82, 2.24) is 15.2 Å². The molecule has 0 radical (unpaired) electrons. The quantitative estimate of drug-likeness (QED) is 0.780. The van der Waals surface area contributed by atoms with Gasteiger partial charge in [-0.3, -0.25) is 9.59 Å². The topological polar surface area (TPSA) is 75.4 Å². The largest absolute Gasteiger partial charge is 0.439 e.